The summed E-state index contributed by atoms with van der Waals surface area (Å²) >= 11 is 0. The number of benzene rings is 2. The van der Waals surface area contributed by atoms with Gasteiger partial charge in [0, 0.05) is 30.3 Å². The second-order valence-electron chi connectivity index (χ2n) is 10.2. The van der Waals surface area contributed by atoms with E-state index in [1.807, 2.05) is 27.7 Å². The number of halogens is 2. The van der Waals surface area contributed by atoms with Gasteiger partial charge in [-0.25, -0.2) is 0 Å². The Hall–Kier alpha value is -2.98. The van der Waals surface area contributed by atoms with E-state index in [9.17, 15) is 0 Å². The maximum atomic E-state index is 16.4. The van der Waals surface area contributed by atoms with Gasteiger partial charge in [-0.15, -0.1) is 0 Å². The first-order valence-electron chi connectivity index (χ1n) is 13.7. The van der Waals surface area contributed by atoms with Crippen molar-refractivity contribution in [1.82, 2.24) is 9.79 Å². The van der Waals surface area contributed by atoms with Crippen LogP contribution in [0.2, 0.25) is 0 Å². The first-order chi connectivity index (χ1) is 18.2. The van der Waals surface area contributed by atoms with Crippen molar-refractivity contribution in [2.75, 3.05) is 12.7 Å². The molecule has 7 heteroatoms. The summed E-state index contributed by atoms with van der Waals surface area (Å²) < 4.78 is 35.5. The number of hydrogen-bond donors (Lipinski definition) is 1. The maximum Gasteiger partial charge on any atom is 0.737 e. The van der Waals surface area contributed by atoms with Gasteiger partial charge >= 0.3 is 6.97 Å². The molecule has 0 unspecified atom stereocenters. The molecule has 0 aliphatic carbocycles. The Morgan fingerprint density at radius 2 is 1.45 bits per heavy atom. The van der Waals surface area contributed by atoms with Gasteiger partial charge in [0.15, 0.2) is 5.70 Å². The van der Waals surface area contributed by atoms with Crippen molar-refractivity contribution in [3.63, 3.8) is 0 Å². The molecular weight excluding hydrogens is 494 g/mol. The van der Waals surface area contributed by atoms with Crippen LogP contribution in [0.5, 0.6) is 0 Å². The van der Waals surface area contributed by atoms with Gasteiger partial charge in [-0.3, -0.25) is 0 Å². The molecule has 38 heavy (non-hydrogen) atoms. The first kappa shape index (κ1) is 26.6. The molecule has 2 aliphatic heterocycles. The summed E-state index contributed by atoms with van der Waals surface area (Å²) in [6.45, 7) is 8.53. The fourth-order valence-corrected chi connectivity index (χ4v) is 8.78. The van der Waals surface area contributed by atoms with Crippen LogP contribution in [0.4, 0.5) is 8.63 Å². The Balaban J connectivity index is 1.60. The molecule has 3 nitrogen and oxygen atoms in total. The topological polar surface area (TPSA) is 20.0 Å². The van der Waals surface area contributed by atoms with E-state index in [2.05, 4.69) is 79.8 Å². The number of hydrogen-bond acceptors (Lipinski definition) is 1. The summed E-state index contributed by atoms with van der Waals surface area (Å²) in [4.78, 5) is 0. The van der Waals surface area contributed by atoms with Crippen LogP contribution in [0, 0.1) is 13.8 Å². The van der Waals surface area contributed by atoms with Crippen molar-refractivity contribution in [2.24, 2.45) is 0 Å². The summed E-state index contributed by atoms with van der Waals surface area (Å²) in [5.74, 6) is 0. The predicted molar refractivity (Wildman–Crippen MR) is 159 cm³/mol. The van der Waals surface area contributed by atoms with Gasteiger partial charge < -0.3 is 22.9 Å². The van der Waals surface area contributed by atoms with Crippen molar-refractivity contribution in [1.29, 1.82) is 0 Å². The highest BCUT2D eigenvalue weighted by atomic mass is 31.1. The lowest BCUT2D eigenvalue weighted by Crippen LogP contribution is -2.52. The molecule has 2 aromatic carbocycles. The molecule has 198 valence electrons. The Labute approximate surface area is 226 Å². The average molecular weight is 531 g/mol. The normalized spacial score (nSPS) is 16.4. The van der Waals surface area contributed by atoms with Crippen LogP contribution in [0.1, 0.15) is 56.6 Å². The van der Waals surface area contributed by atoms with E-state index >= 15 is 8.63 Å². The largest absolute Gasteiger partial charge is 0.737 e. The van der Waals surface area contributed by atoms with Crippen molar-refractivity contribution in [3.05, 3.63) is 100 Å². The molecule has 0 atom stereocenters. The van der Waals surface area contributed by atoms with Crippen LogP contribution >= 0.6 is 7.92 Å². The van der Waals surface area contributed by atoms with E-state index in [-0.39, 0.29) is 0 Å². The first-order valence-corrected chi connectivity index (χ1v) is 15.2. The average Bonchev–Trinajstić information content (AvgIpc) is 3.33. The van der Waals surface area contributed by atoms with Gasteiger partial charge in [-0.05, 0) is 75.1 Å². The van der Waals surface area contributed by atoms with Crippen molar-refractivity contribution >= 4 is 36.9 Å². The van der Waals surface area contributed by atoms with Crippen LogP contribution in [0.3, 0.4) is 0 Å². The van der Waals surface area contributed by atoms with Gasteiger partial charge in [-0.1, -0.05) is 74.5 Å². The molecule has 5 rings (SSSR count). The second-order valence-corrected chi connectivity index (χ2v) is 12.6. The summed E-state index contributed by atoms with van der Waals surface area (Å²) in [6, 6.07) is 21.3. The zero-order chi connectivity index (χ0) is 27.2. The van der Waals surface area contributed by atoms with Crippen molar-refractivity contribution in [3.8, 4) is 0 Å². The molecule has 0 radical (unpaired) electrons. The highest BCUT2D eigenvalue weighted by Gasteiger charge is 2.56. The maximum absolute atomic E-state index is 16.4. The standard InChI is InChI=1S/C31H37BF2N3P/c1-7-27-21(3)30-29(31-22(4)28(8-2)24(6)37(31)32(33,34)36(30)23(27)5)35-19-20-38(25-15-11-9-12-16-25)26-17-13-10-14-18-26/h9-18,35H,7-8,19-20H2,1-6H3. The second kappa shape index (κ2) is 10.3. The van der Waals surface area contributed by atoms with E-state index < -0.39 is 14.9 Å². The van der Waals surface area contributed by atoms with E-state index in [1.54, 1.807) is 0 Å². The van der Waals surface area contributed by atoms with Gasteiger partial charge in [0.2, 0.25) is 0 Å². The number of nitrogens with one attached hydrogen (secondary N) is 1. The van der Waals surface area contributed by atoms with Crippen LogP contribution < -0.4 is 15.9 Å². The Kier molecular flexibility index (Phi) is 7.22. The number of aromatic nitrogens is 1. The molecule has 0 bridgehead atoms. The molecule has 0 spiro atoms. The van der Waals surface area contributed by atoms with E-state index in [0.29, 0.717) is 29.3 Å². The summed E-state index contributed by atoms with van der Waals surface area (Å²) in [7, 11) is -0.589. The van der Waals surface area contributed by atoms with Crippen LogP contribution in [-0.2, 0) is 6.42 Å². The molecule has 3 heterocycles. The molecule has 3 aromatic rings. The molecule has 1 aromatic heterocycles. The summed E-state index contributed by atoms with van der Waals surface area (Å²) in [5.41, 5.74) is 7.48. The molecule has 0 fully saturated rings. The van der Waals surface area contributed by atoms with Gasteiger partial charge in [-0.2, -0.15) is 0 Å². The molecule has 1 N–H and O–H groups in total. The molecule has 0 amide bonds. The summed E-state index contributed by atoms with van der Waals surface area (Å²) in [5, 5.41) is 6.37. The smallest absolute Gasteiger partial charge is 0.392 e. The molecular formula is C31H37BF2N3P. The van der Waals surface area contributed by atoms with E-state index in [4.69, 9.17) is 0 Å². The monoisotopic (exact) mass is 531 g/mol. The quantitative estimate of drug-likeness (QED) is 0.260. The minimum atomic E-state index is -3.99. The lowest BCUT2D eigenvalue weighted by atomic mass is 9.88. The fraction of sp³-hybridized carbons (Fsp3) is 0.323. The zero-order valence-electron chi connectivity index (χ0n) is 23.3. The van der Waals surface area contributed by atoms with Gasteiger partial charge in [0.1, 0.15) is 11.4 Å². The number of rotatable bonds is 8. The predicted octanol–water partition coefficient (Wildman–Crippen LogP) is 6.51. The molecule has 2 aliphatic rings. The lowest BCUT2D eigenvalue weighted by Gasteiger charge is -2.34. The minimum absolute atomic E-state index is 0.589. The lowest BCUT2D eigenvalue weighted by molar-refractivity contribution is -0.364. The SMILES string of the molecule is CCC1=C(C)C2=C(NCCP(c3ccccc3)c3ccccc3)c3c(C)c(CC)c(C)n3[B-](F)(F)[N+]2=C1C. The highest BCUT2D eigenvalue weighted by molar-refractivity contribution is 7.73. The third kappa shape index (κ3) is 4.09. The van der Waals surface area contributed by atoms with Gasteiger partial charge in [0.05, 0.1) is 0 Å². The van der Waals surface area contributed by atoms with Crippen LogP contribution in [-0.4, -0.2) is 34.4 Å². The van der Waals surface area contributed by atoms with Crippen molar-refractivity contribution in [2.45, 2.75) is 54.4 Å². The Morgan fingerprint density at radius 1 is 0.868 bits per heavy atom. The van der Waals surface area contributed by atoms with E-state index in [0.717, 1.165) is 47.0 Å². The minimum Gasteiger partial charge on any atom is -0.392 e. The summed E-state index contributed by atoms with van der Waals surface area (Å²) in [6.07, 6.45) is 2.38. The number of fused-ring (bicyclic) bond motifs is 2. The highest BCUT2D eigenvalue weighted by Crippen LogP contribution is 2.44. The third-order valence-electron chi connectivity index (χ3n) is 8.27. The zero-order valence-corrected chi connectivity index (χ0v) is 24.2. The third-order valence-corrected chi connectivity index (χ3v) is 10.8. The fourth-order valence-electron chi connectivity index (χ4n) is 6.56. The van der Waals surface area contributed by atoms with E-state index in [1.165, 1.54) is 19.6 Å². The van der Waals surface area contributed by atoms with Gasteiger partial charge in [0.25, 0.3) is 0 Å². The Bertz CT molecular complexity index is 1430. The molecule has 0 saturated carbocycles. The molecule has 0 saturated heterocycles. The van der Waals surface area contributed by atoms with Crippen LogP contribution in [0.15, 0.2) is 77.5 Å². The van der Waals surface area contributed by atoms with Crippen molar-refractivity contribution < 1.29 is 13.1 Å². The number of allylic oxidation sites excluding steroid dienone is 2. The number of nitrogens with zero attached hydrogens (tertiary/aromatic N) is 2. The van der Waals surface area contributed by atoms with Crippen LogP contribution in [0.25, 0.3) is 5.70 Å². The Morgan fingerprint density at radius 3 is 1.97 bits per heavy atom.